The van der Waals surface area contributed by atoms with Crippen molar-refractivity contribution in [3.63, 3.8) is 0 Å². The van der Waals surface area contributed by atoms with Gasteiger partial charge in [-0.05, 0) is 6.92 Å². The molecule has 1 saturated heterocycles. The van der Waals surface area contributed by atoms with Gasteiger partial charge in [-0.3, -0.25) is 9.59 Å². The Morgan fingerprint density at radius 3 is 2.82 bits per heavy atom. The summed E-state index contributed by atoms with van der Waals surface area (Å²) in [6.45, 7) is 2.67. The maximum atomic E-state index is 11.9. The normalized spacial score (nSPS) is 19.8. The largest absolute Gasteiger partial charge is 0.481 e. The van der Waals surface area contributed by atoms with Gasteiger partial charge in [0.15, 0.2) is 0 Å². The van der Waals surface area contributed by atoms with E-state index in [0.29, 0.717) is 13.1 Å². The van der Waals surface area contributed by atoms with Crippen LogP contribution in [0.25, 0.3) is 0 Å². The number of rotatable bonds is 3. The van der Waals surface area contributed by atoms with E-state index < -0.39 is 12.0 Å². The van der Waals surface area contributed by atoms with Crippen LogP contribution in [0, 0.1) is 0 Å². The molecule has 1 aliphatic heterocycles. The van der Waals surface area contributed by atoms with Gasteiger partial charge in [0.05, 0.1) is 6.42 Å². The van der Waals surface area contributed by atoms with E-state index in [1.165, 1.54) is 16.8 Å². The van der Waals surface area contributed by atoms with E-state index in [-0.39, 0.29) is 24.9 Å². The average Bonchev–Trinajstić information content (AvgIpc) is 2.28. The summed E-state index contributed by atoms with van der Waals surface area (Å²) >= 11 is 0. The number of hydrogen-bond acceptors (Lipinski definition) is 3. The minimum absolute atomic E-state index is 0.101. The first-order valence-corrected chi connectivity index (χ1v) is 5.44. The van der Waals surface area contributed by atoms with Gasteiger partial charge >= 0.3 is 12.0 Å². The summed E-state index contributed by atoms with van der Waals surface area (Å²) in [6.07, 6.45) is -0.101. The molecule has 1 aliphatic rings. The van der Waals surface area contributed by atoms with Crippen molar-refractivity contribution in [2.45, 2.75) is 19.4 Å². The molecule has 0 bridgehead atoms. The molecule has 0 aromatic carbocycles. The molecule has 2 N–H and O–H groups in total. The summed E-state index contributed by atoms with van der Waals surface area (Å²) in [5, 5.41) is 11.2. The van der Waals surface area contributed by atoms with Gasteiger partial charge in [0, 0.05) is 26.7 Å². The lowest BCUT2D eigenvalue weighted by atomic mass is 10.2. The third-order valence-corrected chi connectivity index (χ3v) is 2.73. The summed E-state index contributed by atoms with van der Waals surface area (Å²) < 4.78 is 0. The summed E-state index contributed by atoms with van der Waals surface area (Å²) in [7, 11) is 1.53. The molecule has 0 saturated carbocycles. The highest BCUT2D eigenvalue weighted by molar-refractivity contribution is 5.87. The Kier molecular flexibility index (Phi) is 4.30. The van der Waals surface area contributed by atoms with Crippen LogP contribution in [0.3, 0.4) is 0 Å². The maximum absolute atomic E-state index is 11.9. The number of nitrogens with one attached hydrogen (secondary N) is 1. The van der Waals surface area contributed by atoms with E-state index in [2.05, 4.69) is 5.32 Å². The third kappa shape index (κ3) is 3.33. The summed E-state index contributed by atoms with van der Waals surface area (Å²) in [6, 6.07) is -0.822. The van der Waals surface area contributed by atoms with Crippen LogP contribution in [0.2, 0.25) is 0 Å². The third-order valence-electron chi connectivity index (χ3n) is 2.73. The van der Waals surface area contributed by atoms with E-state index >= 15 is 0 Å². The van der Waals surface area contributed by atoms with Crippen molar-refractivity contribution in [3.8, 4) is 0 Å². The van der Waals surface area contributed by atoms with Crippen LogP contribution < -0.4 is 5.32 Å². The number of carbonyl (C=O) groups is 3. The highest BCUT2D eigenvalue weighted by atomic mass is 16.4. The van der Waals surface area contributed by atoms with Crippen LogP contribution in [0.15, 0.2) is 0 Å². The number of aliphatic carboxylic acids is 1. The maximum Gasteiger partial charge on any atom is 0.320 e. The number of piperazine rings is 1. The van der Waals surface area contributed by atoms with Gasteiger partial charge in [-0.2, -0.15) is 0 Å². The monoisotopic (exact) mass is 243 g/mol. The SMILES string of the molecule is CC1C(=O)NCCN1C(=O)N(C)CCC(=O)O. The molecule has 7 nitrogen and oxygen atoms in total. The summed E-state index contributed by atoms with van der Waals surface area (Å²) in [5.41, 5.74) is 0. The zero-order chi connectivity index (χ0) is 13.0. The highest BCUT2D eigenvalue weighted by Crippen LogP contribution is 2.07. The number of carboxylic acid groups (broad SMARTS) is 1. The van der Waals surface area contributed by atoms with Crippen LogP contribution in [0.4, 0.5) is 4.79 Å². The van der Waals surface area contributed by atoms with Crippen molar-refractivity contribution in [2.75, 3.05) is 26.7 Å². The fraction of sp³-hybridized carbons (Fsp3) is 0.700. The lowest BCUT2D eigenvalue weighted by molar-refractivity contribution is -0.137. The molecule has 1 fully saturated rings. The van der Waals surface area contributed by atoms with Gasteiger partial charge in [0.2, 0.25) is 5.91 Å². The second-order valence-corrected chi connectivity index (χ2v) is 4.01. The Balaban J connectivity index is 2.56. The van der Waals surface area contributed by atoms with Crippen molar-refractivity contribution in [1.82, 2.24) is 15.1 Å². The first-order valence-electron chi connectivity index (χ1n) is 5.44. The highest BCUT2D eigenvalue weighted by Gasteiger charge is 2.30. The second-order valence-electron chi connectivity index (χ2n) is 4.01. The van der Waals surface area contributed by atoms with E-state index in [9.17, 15) is 14.4 Å². The molecule has 1 atom stereocenters. The zero-order valence-corrected chi connectivity index (χ0v) is 9.97. The minimum atomic E-state index is -0.950. The molecule has 0 spiro atoms. The van der Waals surface area contributed by atoms with Crippen molar-refractivity contribution in [2.24, 2.45) is 0 Å². The molecule has 0 aromatic rings. The van der Waals surface area contributed by atoms with Gasteiger partial charge in [-0.1, -0.05) is 0 Å². The van der Waals surface area contributed by atoms with Crippen LogP contribution in [0.1, 0.15) is 13.3 Å². The van der Waals surface area contributed by atoms with Crippen LogP contribution in [0.5, 0.6) is 0 Å². The molecule has 1 rings (SSSR count). The minimum Gasteiger partial charge on any atom is -0.481 e. The first-order chi connectivity index (χ1) is 7.93. The van der Waals surface area contributed by atoms with Gasteiger partial charge in [0.1, 0.15) is 6.04 Å². The van der Waals surface area contributed by atoms with Gasteiger partial charge in [0.25, 0.3) is 0 Å². The molecular weight excluding hydrogens is 226 g/mol. The van der Waals surface area contributed by atoms with E-state index in [1.54, 1.807) is 6.92 Å². The second kappa shape index (κ2) is 5.51. The lowest BCUT2D eigenvalue weighted by Crippen LogP contribution is -2.58. The topological polar surface area (TPSA) is 90.0 Å². The number of hydrogen-bond donors (Lipinski definition) is 2. The molecule has 0 radical (unpaired) electrons. The fourth-order valence-corrected chi connectivity index (χ4v) is 1.62. The van der Waals surface area contributed by atoms with Gasteiger partial charge < -0.3 is 20.2 Å². The molecule has 1 unspecified atom stereocenters. The molecule has 96 valence electrons. The first kappa shape index (κ1) is 13.3. The Hall–Kier alpha value is -1.79. The van der Waals surface area contributed by atoms with Gasteiger partial charge in [-0.15, -0.1) is 0 Å². The van der Waals surface area contributed by atoms with E-state index in [1.807, 2.05) is 0 Å². The van der Waals surface area contributed by atoms with Crippen LogP contribution in [-0.4, -0.2) is 65.5 Å². The molecule has 7 heteroatoms. The Labute approximate surface area is 99.4 Å². The fourth-order valence-electron chi connectivity index (χ4n) is 1.62. The van der Waals surface area contributed by atoms with Crippen LogP contribution in [-0.2, 0) is 9.59 Å². The molecule has 17 heavy (non-hydrogen) atoms. The molecule has 3 amide bonds. The lowest BCUT2D eigenvalue weighted by Gasteiger charge is -2.35. The Morgan fingerprint density at radius 1 is 1.59 bits per heavy atom. The summed E-state index contributed by atoms with van der Waals surface area (Å²) in [5.74, 6) is -1.13. The van der Waals surface area contributed by atoms with Crippen molar-refractivity contribution in [1.29, 1.82) is 0 Å². The number of nitrogens with zero attached hydrogens (tertiary/aromatic N) is 2. The predicted octanol–water partition coefficient (Wildman–Crippen LogP) is -0.667. The van der Waals surface area contributed by atoms with Gasteiger partial charge in [-0.25, -0.2) is 4.79 Å². The number of carboxylic acids is 1. The van der Waals surface area contributed by atoms with E-state index in [0.717, 1.165) is 0 Å². The Morgan fingerprint density at radius 2 is 2.24 bits per heavy atom. The molecule has 0 aromatic heterocycles. The van der Waals surface area contributed by atoms with Crippen molar-refractivity contribution >= 4 is 17.9 Å². The molecule has 1 heterocycles. The molecular formula is C10H17N3O4. The number of urea groups is 1. The zero-order valence-electron chi connectivity index (χ0n) is 9.97. The smallest absolute Gasteiger partial charge is 0.320 e. The van der Waals surface area contributed by atoms with Crippen molar-refractivity contribution < 1.29 is 19.5 Å². The average molecular weight is 243 g/mol. The van der Waals surface area contributed by atoms with E-state index in [4.69, 9.17) is 5.11 Å². The number of carbonyl (C=O) groups excluding carboxylic acids is 2. The Bertz CT molecular complexity index is 332. The predicted molar refractivity (Wildman–Crippen MR) is 59.5 cm³/mol. The standard InChI is InChI=1S/C10H17N3O4/c1-7-9(16)11-4-6-13(7)10(17)12(2)5-3-8(14)15/h7H,3-6H2,1-2H3,(H,11,16)(H,14,15). The molecule has 0 aliphatic carbocycles. The quantitative estimate of drug-likeness (QED) is 0.688. The number of amides is 3. The summed E-state index contributed by atoms with van der Waals surface area (Å²) in [4.78, 5) is 36.5. The van der Waals surface area contributed by atoms with Crippen LogP contribution >= 0.6 is 0 Å². The van der Waals surface area contributed by atoms with Crippen molar-refractivity contribution in [3.05, 3.63) is 0 Å².